The molecule has 0 radical (unpaired) electrons. The molecule has 0 amide bonds. The van der Waals surface area contributed by atoms with Crippen molar-refractivity contribution in [2.45, 2.75) is 32.4 Å². The lowest BCUT2D eigenvalue weighted by Crippen LogP contribution is -2.24. The minimum atomic E-state index is -0.991. The highest BCUT2D eigenvalue weighted by Crippen LogP contribution is 2.22. The fraction of sp³-hybridized carbons (Fsp3) is 0.381. The van der Waals surface area contributed by atoms with E-state index in [1.165, 1.54) is 5.56 Å². The number of nitrogens with zero attached hydrogens (tertiary/aromatic N) is 2. The van der Waals surface area contributed by atoms with E-state index >= 15 is 0 Å². The average Bonchev–Trinajstić information content (AvgIpc) is 3.22. The summed E-state index contributed by atoms with van der Waals surface area (Å²) < 4.78 is 25.4. The number of nitrogens with one attached hydrogen (secondary N) is 1. The summed E-state index contributed by atoms with van der Waals surface area (Å²) >= 11 is 0. The number of aryl methyl sites for hydroxylation is 1. The van der Waals surface area contributed by atoms with Gasteiger partial charge in [0.25, 0.3) is 0 Å². The predicted octanol–water partition coefficient (Wildman–Crippen LogP) is 3.62. The van der Waals surface area contributed by atoms with Crippen molar-refractivity contribution < 1.29 is 13.9 Å². The summed E-state index contributed by atoms with van der Waals surface area (Å²) in [5.74, 6) is 1.56. The summed E-state index contributed by atoms with van der Waals surface area (Å²) in [6, 6.07) is 13.9. The van der Waals surface area contributed by atoms with Crippen LogP contribution in [0.25, 0.3) is 11.0 Å². The molecule has 1 fully saturated rings. The average molecular weight is 369 g/mol. The van der Waals surface area contributed by atoms with Crippen molar-refractivity contribution in [2.75, 3.05) is 20.2 Å². The number of methoxy groups -OCH3 is 1. The van der Waals surface area contributed by atoms with Crippen LogP contribution in [0, 0.1) is 6.92 Å². The molecule has 0 unspecified atom stereocenters. The van der Waals surface area contributed by atoms with E-state index in [9.17, 15) is 4.39 Å². The van der Waals surface area contributed by atoms with Crippen LogP contribution in [0.1, 0.15) is 17.0 Å². The zero-order valence-electron chi connectivity index (χ0n) is 15.6. The fourth-order valence-corrected chi connectivity index (χ4v) is 3.51. The number of halogens is 1. The summed E-state index contributed by atoms with van der Waals surface area (Å²) in [5.41, 5.74) is 4.20. The molecule has 1 saturated heterocycles. The highest BCUT2D eigenvalue weighted by molar-refractivity contribution is 5.75. The second kappa shape index (κ2) is 7.66. The number of likely N-dealkylation sites (tertiary alicyclic amines) is 1. The Morgan fingerprint density at radius 2 is 2.00 bits per heavy atom. The number of aromatic amines is 1. The molecule has 0 aliphatic carbocycles. The van der Waals surface area contributed by atoms with Crippen LogP contribution in [0.2, 0.25) is 0 Å². The molecule has 0 spiro atoms. The first-order valence-electron chi connectivity index (χ1n) is 9.17. The van der Waals surface area contributed by atoms with E-state index in [4.69, 9.17) is 9.47 Å². The van der Waals surface area contributed by atoms with Gasteiger partial charge in [-0.2, -0.15) is 0 Å². The van der Waals surface area contributed by atoms with Gasteiger partial charge in [-0.1, -0.05) is 18.2 Å². The summed E-state index contributed by atoms with van der Waals surface area (Å²) in [6.45, 7) is 3.99. The van der Waals surface area contributed by atoms with Gasteiger partial charge in [0.2, 0.25) is 0 Å². The van der Waals surface area contributed by atoms with Crippen LogP contribution < -0.4 is 4.74 Å². The van der Waals surface area contributed by atoms with Crippen molar-refractivity contribution in [1.29, 1.82) is 0 Å². The maximum absolute atomic E-state index is 14.4. The first-order valence-corrected chi connectivity index (χ1v) is 9.17. The highest BCUT2D eigenvalue weighted by Gasteiger charge is 2.33. The lowest BCUT2D eigenvalue weighted by atomic mass is 10.2. The van der Waals surface area contributed by atoms with E-state index < -0.39 is 12.3 Å². The van der Waals surface area contributed by atoms with Gasteiger partial charge in [-0.05, 0) is 42.3 Å². The zero-order chi connectivity index (χ0) is 18.8. The standard InChI is InChI=1S/C21H24FN3O2/c1-14-3-8-18-19(9-14)24-21(23-18)13-27-20-12-25(11-17(20)22)10-15-4-6-16(26-2)7-5-15/h3-9,17,20H,10-13H2,1-2H3,(H,23,24)/t17-,20+/m1/s1. The number of hydrogen-bond acceptors (Lipinski definition) is 4. The quantitative estimate of drug-likeness (QED) is 0.721. The van der Waals surface area contributed by atoms with Crippen molar-refractivity contribution >= 4 is 11.0 Å². The number of aromatic nitrogens is 2. The Morgan fingerprint density at radius 1 is 1.19 bits per heavy atom. The smallest absolute Gasteiger partial charge is 0.140 e. The Morgan fingerprint density at radius 3 is 2.78 bits per heavy atom. The van der Waals surface area contributed by atoms with E-state index in [2.05, 4.69) is 20.9 Å². The second-order valence-corrected chi connectivity index (χ2v) is 7.11. The van der Waals surface area contributed by atoms with Crippen LogP contribution in [0.3, 0.4) is 0 Å². The van der Waals surface area contributed by atoms with Crippen LogP contribution in [0.15, 0.2) is 42.5 Å². The number of hydrogen-bond donors (Lipinski definition) is 1. The third-order valence-electron chi connectivity index (χ3n) is 4.96. The van der Waals surface area contributed by atoms with Crippen molar-refractivity contribution in [3.63, 3.8) is 0 Å². The van der Waals surface area contributed by atoms with Gasteiger partial charge in [0.1, 0.15) is 30.5 Å². The van der Waals surface area contributed by atoms with E-state index in [-0.39, 0.29) is 6.61 Å². The van der Waals surface area contributed by atoms with Crippen molar-refractivity contribution in [1.82, 2.24) is 14.9 Å². The summed E-state index contributed by atoms with van der Waals surface area (Å²) in [6.07, 6.45) is -1.42. The minimum absolute atomic E-state index is 0.287. The molecule has 1 aliphatic heterocycles. The first-order chi connectivity index (χ1) is 13.1. The number of alkyl halides is 1. The third-order valence-corrected chi connectivity index (χ3v) is 4.96. The first kappa shape index (κ1) is 17.9. The maximum Gasteiger partial charge on any atom is 0.140 e. The molecular formula is C21H24FN3O2. The van der Waals surface area contributed by atoms with Gasteiger partial charge < -0.3 is 14.5 Å². The molecule has 2 aromatic carbocycles. The Balaban J connectivity index is 1.33. The molecule has 0 saturated carbocycles. The van der Waals surface area contributed by atoms with E-state index in [1.807, 2.05) is 43.3 Å². The molecule has 4 rings (SSSR count). The predicted molar refractivity (Wildman–Crippen MR) is 103 cm³/mol. The van der Waals surface area contributed by atoms with Gasteiger partial charge in [0.15, 0.2) is 0 Å². The third kappa shape index (κ3) is 4.12. The normalized spacial score (nSPS) is 20.4. The topological polar surface area (TPSA) is 50.4 Å². The lowest BCUT2D eigenvalue weighted by molar-refractivity contribution is 0.00864. The number of fused-ring (bicyclic) bond motifs is 1. The number of rotatable bonds is 6. The molecule has 2 heterocycles. The van der Waals surface area contributed by atoms with Crippen molar-refractivity contribution in [3.05, 3.63) is 59.4 Å². The van der Waals surface area contributed by atoms with Crippen molar-refractivity contribution in [3.8, 4) is 5.75 Å². The zero-order valence-corrected chi connectivity index (χ0v) is 15.6. The van der Waals surface area contributed by atoms with Crippen LogP contribution in [0.5, 0.6) is 5.75 Å². The van der Waals surface area contributed by atoms with Gasteiger partial charge in [-0.15, -0.1) is 0 Å². The van der Waals surface area contributed by atoms with Gasteiger partial charge in [0.05, 0.1) is 18.1 Å². The minimum Gasteiger partial charge on any atom is -0.497 e. The number of ether oxygens (including phenoxy) is 2. The molecular weight excluding hydrogens is 345 g/mol. The Kier molecular flexibility index (Phi) is 5.09. The highest BCUT2D eigenvalue weighted by atomic mass is 19.1. The van der Waals surface area contributed by atoms with E-state index in [1.54, 1.807) is 7.11 Å². The molecule has 3 aromatic rings. The molecule has 5 nitrogen and oxygen atoms in total. The van der Waals surface area contributed by atoms with Gasteiger partial charge in [0, 0.05) is 19.6 Å². The summed E-state index contributed by atoms with van der Waals surface area (Å²) in [4.78, 5) is 9.85. The van der Waals surface area contributed by atoms with Crippen molar-refractivity contribution in [2.24, 2.45) is 0 Å². The largest absolute Gasteiger partial charge is 0.497 e. The van der Waals surface area contributed by atoms with Gasteiger partial charge >= 0.3 is 0 Å². The molecule has 0 bridgehead atoms. The molecule has 1 aromatic heterocycles. The molecule has 142 valence electrons. The van der Waals surface area contributed by atoms with Gasteiger partial charge in [-0.25, -0.2) is 9.37 Å². The maximum atomic E-state index is 14.4. The van der Waals surface area contributed by atoms with E-state index in [0.717, 1.165) is 28.2 Å². The monoisotopic (exact) mass is 369 g/mol. The Hall–Kier alpha value is -2.44. The number of benzene rings is 2. The molecule has 27 heavy (non-hydrogen) atoms. The Labute approximate surface area is 158 Å². The fourth-order valence-electron chi connectivity index (χ4n) is 3.51. The second-order valence-electron chi connectivity index (χ2n) is 7.11. The summed E-state index contributed by atoms with van der Waals surface area (Å²) in [5, 5.41) is 0. The molecule has 1 N–H and O–H groups in total. The van der Waals surface area contributed by atoms with Crippen LogP contribution in [0.4, 0.5) is 4.39 Å². The van der Waals surface area contributed by atoms with Crippen LogP contribution >= 0.6 is 0 Å². The SMILES string of the molecule is COc1ccc(CN2C[C@@H](F)[C@@H](OCc3nc4ccc(C)cc4[nH]3)C2)cc1. The summed E-state index contributed by atoms with van der Waals surface area (Å²) in [7, 11) is 1.65. The lowest BCUT2D eigenvalue weighted by Gasteiger charge is -2.15. The number of H-pyrrole nitrogens is 1. The molecule has 1 aliphatic rings. The molecule has 2 atom stereocenters. The molecule has 6 heteroatoms. The van der Waals surface area contributed by atoms with Crippen LogP contribution in [-0.2, 0) is 17.9 Å². The number of imidazole rings is 1. The van der Waals surface area contributed by atoms with Crippen LogP contribution in [-0.4, -0.2) is 47.3 Å². The van der Waals surface area contributed by atoms with E-state index in [0.29, 0.717) is 19.6 Å². The Bertz CT molecular complexity index is 909. The van der Waals surface area contributed by atoms with Gasteiger partial charge in [-0.3, -0.25) is 4.90 Å².